The van der Waals surface area contributed by atoms with Gasteiger partial charge in [-0.1, -0.05) is 13.8 Å². The van der Waals surface area contributed by atoms with E-state index < -0.39 is 0 Å². The van der Waals surface area contributed by atoms with E-state index in [0.717, 1.165) is 12.8 Å². The van der Waals surface area contributed by atoms with Gasteiger partial charge in [-0.05, 0) is 37.1 Å². The topological polar surface area (TPSA) is 83.6 Å². The zero-order valence-electron chi connectivity index (χ0n) is 16.5. The molecule has 0 fully saturated rings. The second-order valence-electron chi connectivity index (χ2n) is 6.21. The van der Waals surface area contributed by atoms with Crippen LogP contribution in [-0.4, -0.2) is 48.9 Å². The van der Waals surface area contributed by atoms with E-state index in [9.17, 15) is 10.2 Å². The Hall–Kier alpha value is -3.02. The van der Waals surface area contributed by atoms with Crippen molar-refractivity contribution in [2.45, 2.75) is 26.7 Å². The minimum atomic E-state index is 0.135. The van der Waals surface area contributed by atoms with Crippen LogP contribution >= 0.6 is 0 Å². The largest absolute Gasteiger partial charge is 0.507 e. The molecule has 0 aromatic heterocycles. The fraction of sp³-hybridized carbons (Fsp3) is 0.364. The van der Waals surface area contributed by atoms with Crippen LogP contribution in [0.1, 0.15) is 37.8 Å². The van der Waals surface area contributed by atoms with Crippen molar-refractivity contribution in [2.24, 2.45) is 9.98 Å². The van der Waals surface area contributed by atoms with Crippen molar-refractivity contribution in [3.8, 4) is 23.0 Å². The Labute approximate surface area is 166 Å². The molecule has 2 aromatic rings. The van der Waals surface area contributed by atoms with Crippen molar-refractivity contribution >= 4 is 12.4 Å². The van der Waals surface area contributed by atoms with E-state index in [-0.39, 0.29) is 11.5 Å². The highest BCUT2D eigenvalue weighted by Gasteiger charge is 2.02. The van der Waals surface area contributed by atoms with E-state index in [0.29, 0.717) is 48.9 Å². The van der Waals surface area contributed by atoms with E-state index in [4.69, 9.17) is 9.47 Å². The average molecular weight is 384 g/mol. The Morgan fingerprint density at radius 2 is 1.18 bits per heavy atom. The van der Waals surface area contributed by atoms with Gasteiger partial charge in [0.25, 0.3) is 0 Å². The van der Waals surface area contributed by atoms with Crippen LogP contribution in [0.25, 0.3) is 0 Å². The molecule has 0 saturated carbocycles. The summed E-state index contributed by atoms with van der Waals surface area (Å²) in [5.41, 5.74) is 1.27. The van der Waals surface area contributed by atoms with Crippen molar-refractivity contribution in [3.63, 3.8) is 0 Å². The van der Waals surface area contributed by atoms with E-state index >= 15 is 0 Å². The molecule has 0 aliphatic heterocycles. The van der Waals surface area contributed by atoms with E-state index in [1.807, 2.05) is 26.0 Å². The average Bonchev–Trinajstić information content (AvgIpc) is 2.69. The molecule has 6 nitrogen and oxygen atoms in total. The van der Waals surface area contributed by atoms with Gasteiger partial charge in [0.2, 0.25) is 0 Å². The summed E-state index contributed by atoms with van der Waals surface area (Å²) in [6.45, 7) is 6.25. The number of benzene rings is 2. The highest BCUT2D eigenvalue weighted by atomic mass is 16.5. The van der Waals surface area contributed by atoms with Crippen LogP contribution in [0.3, 0.4) is 0 Å². The Morgan fingerprint density at radius 1 is 0.750 bits per heavy atom. The first-order valence-electron chi connectivity index (χ1n) is 9.55. The molecule has 0 radical (unpaired) electrons. The van der Waals surface area contributed by atoms with E-state index in [1.54, 1.807) is 36.7 Å². The van der Waals surface area contributed by atoms with Crippen molar-refractivity contribution in [1.29, 1.82) is 0 Å². The highest BCUT2D eigenvalue weighted by molar-refractivity contribution is 5.84. The van der Waals surface area contributed by atoms with Gasteiger partial charge in [-0.2, -0.15) is 0 Å². The molecule has 0 bridgehead atoms. The molecule has 0 heterocycles. The molecule has 0 aliphatic rings. The molecule has 150 valence electrons. The van der Waals surface area contributed by atoms with Gasteiger partial charge in [-0.25, -0.2) is 0 Å². The minimum absolute atomic E-state index is 0.135. The predicted octanol–water partition coefficient (Wildman–Crippen LogP) is 4.21. The first-order chi connectivity index (χ1) is 13.6. The molecular weight excluding hydrogens is 356 g/mol. The van der Waals surface area contributed by atoms with Gasteiger partial charge in [0.05, 0.1) is 26.3 Å². The molecule has 0 amide bonds. The molecule has 0 aliphatic carbocycles. The number of hydrogen-bond donors (Lipinski definition) is 2. The Morgan fingerprint density at radius 3 is 1.54 bits per heavy atom. The number of phenols is 2. The summed E-state index contributed by atoms with van der Waals surface area (Å²) in [6, 6.07) is 10.3. The fourth-order valence-electron chi connectivity index (χ4n) is 2.33. The van der Waals surface area contributed by atoms with Gasteiger partial charge < -0.3 is 19.7 Å². The summed E-state index contributed by atoms with van der Waals surface area (Å²) in [5.74, 6) is 1.56. The van der Waals surface area contributed by atoms with Crippen LogP contribution in [0.4, 0.5) is 0 Å². The monoisotopic (exact) mass is 384 g/mol. The quantitative estimate of drug-likeness (QED) is 0.449. The molecule has 0 unspecified atom stereocenters. The second kappa shape index (κ2) is 11.6. The lowest BCUT2D eigenvalue weighted by Gasteiger charge is -2.06. The summed E-state index contributed by atoms with van der Waals surface area (Å²) >= 11 is 0. The number of aromatic hydroxyl groups is 2. The molecular formula is C22H28N2O4. The highest BCUT2D eigenvalue weighted by Crippen LogP contribution is 2.23. The van der Waals surface area contributed by atoms with Gasteiger partial charge in [-0.15, -0.1) is 0 Å². The van der Waals surface area contributed by atoms with Crippen LogP contribution in [0.15, 0.2) is 46.4 Å². The maximum Gasteiger partial charge on any atom is 0.128 e. The molecule has 6 heteroatoms. The van der Waals surface area contributed by atoms with Gasteiger partial charge in [0, 0.05) is 35.7 Å². The van der Waals surface area contributed by atoms with Crippen LogP contribution in [0, 0.1) is 0 Å². The molecule has 2 rings (SSSR count). The van der Waals surface area contributed by atoms with Crippen LogP contribution < -0.4 is 9.47 Å². The van der Waals surface area contributed by atoms with Crippen molar-refractivity contribution in [2.75, 3.05) is 26.3 Å². The van der Waals surface area contributed by atoms with Crippen molar-refractivity contribution in [3.05, 3.63) is 47.5 Å². The van der Waals surface area contributed by atoms with E-state index in [1.165, 1.54) is 0 Å². The smallest absolute Gasteiger partial charge is 0.128 e. The fourth-order valence-corrected chi connectivity index (χ4v) is 2.33. The lowest BCUT2D eigenvalue weighted by molar-refractivity contribution is 0.315. The first-order valence-corrected chi connectivity index (χ1v) is 9.55. The lowest BCUT2D eigenvalue weighted by Crippen LogP contribution is -1.96. The first kappa shape index (κ1) is 21.3. The lowest BCUT2D eigenvalue weighted by atomic mass is 10.2. The normalized spacial score (nSPS) is 11.4. The molecule has 28 heavy (non-hydrogen) atoms. The maximum absolute atomic E-state index is 10.0. The van der Waals surface area contributed by atoms with Gasteiger partial charge in [-0.3, -0.25) is 9.98 Å². The van der Waals surface area contributed by atoms with Gasteiger partial charge >= 0.3 is 0 Å². The molecule has 0 spiro atoms. The molecule has 0 saturated heterocycles. The number of ether oxygens (including phenoxy) is 2. The number of phenolic OH excluding ortho intramolecular Hbond substituents is 2. The summed E-state index contributed by atoms with van der Waals surface area (Å²) < 4.78 is 10.9. The van der Waals surface area contributed by atoms with Gasteiger partial charge in [0.1, 0.15) is 23.0 Å². The standard InChI is InChI=1S/C22H28N2O4/c1-3-11-27-19-7-5-17(21(25)13-19)15-23-9-10-24-16-18-6-8-20(14-22(18)26)28-12-4-2/h5-8,13-16,25-26H,3-4,9-12H2,1-2H3. The van der Waals surface area contributed by atoms with Crippen LogP contribution in [0.5, 0.6) is 23.0 Å². The molecule has 2 N–H and O–H groups in total. The van der Waals surface area contributed by atoms with Crippen molar-refractivity contribution in [1.82, 2.24) is 0 Å². The Kier molecular flexibility index (Phi) is 8.85. The zero-order chi connectivity index (χ0) is 20.2. The van der Waals surface area contributed by atoms with Crippen LogP contribution in [-0.2, 0) is 0 Å². The Balaban J connectivity index is 1.82. The summed E-state index contributed by atoms with van der Waals surface area (Å²) in [6.07, 6.45) is 5.07. The van der Waals surface area contributed by atoms with Gasteiger partial charge in [0.15, 0.2) is 0 Å². The predicted molar refractivity (Wildman–Crippen MR) is 113 cm³/mol. The van der Waals surface area contributed by atoms with Crippen LogP contribution in [0.2, 0.25) is 0 Å². The van der Waals surface area contributed by atoms with Crippen molar-refractivity contribution < 1.29 is 19.7 Å². The third kappa shape index (κ3) is 6.95. The second-order valence-corrected chi connectivity index (χ2v) is 6.21. The molecule has 0 atom stereocenters. The number of rotatable bonds is 11. The third-order valence-electron chi connectivity index (χ3n) is 3.77. The summed E-state index contributed by atoms with van der Waals surface area (Å²) in [4.78, 5) is 8.55. The number of hydrogen-bond acceptors (Lipinski definition) is 6. The zero-order valence-corrected chi connectivity index (χ0v) is 16.5. The molecule has 2 aromatic carbocycles. The maximum atomic E-state index is 10.0. The summed E-state index contributed by atoms with van der Waals surface area (Å²) in [5, 5.41) is 20.0. The minimum Gasteiger partial charge on any atom is -0.507 e. The Bertz CT molecular complexity index is 736. The summed E-state index contributed by atoms with van der Waals surface area (Å²) in [7, 11) is 0. The SMILES string of the molecule is CCCOc1ccc(C=NCCN=Cc2ccc(OCCC)cc2O)c(O)c1. The van der Waals surface area contributed by atoms with E-state index in [2.05, 4.69) is 9.98 Å². The number of aliphatic imine (C=N–C) groups is 2. The number of nitrogens with zero attached hydrogens (tertiary/aromatic N) is 2. The third-order valence-corrected chi connectivity index (χ3v) is 3.77.